The van der Waals surface area contributed by atoms with E-state index in [1.54, 1.807) is 26.7 Å². The number of aromatic nitrogens is 3. The Kier molecular flexibility index (Phi) is 9.39. The molecule has 1 aromatic carbocycles. The maximum atomic E-state index is 5.36. The molecule has 0 aliphatic carbocycles. The predicted molar refractivity (Wildman–Crippen MR) is 128 cm³/mol. The van der Waals surface area contributed by atoms with E-state index in [2.05, 4.69) is 25.6 Å². The number of nitrogens with zero attached hydrogens (tertiary/aromatic N) is 4. The first-order valence-corrected chi connectivity index (χ1v) is 9.39. The molecule has 160 valence electrons. The van der Waals surface area contributed by atoms with Crippen LogP contribution in [-0.2, 0) is 13.1 Å². The molecule has 0 fully saturated rings. The van der Waals surface area contributed by atoms with E-state index >= 15 is 0 Å². The lowest BCUT2D eigenvalue weighted by atomic mass is 10.2. The minimum Gasteiger partial charge on any atom is -0.493 e. The van der Waals surface area contributed by atoms with Gasteiger partial charge in [-0.25, -0.2) is 15.0 Å². The summed E-state index contributed by atoms with van der Waals surface area (Å²) in [5.74, 6) is 2.98. The first-order chi connectivity index (χ1) is 14.2. The van der Waals surface area contributed by atoms with E-state index in [1.807, 2.05) is 54.2 Å². The predicted octanol–water partition coefficient (Wildman–Crippen LogP) is 3.16. The summed E-state index contributed by atoms with van der Waals surface area (Å²) < 4.78 is 12.5. The average Bonchev–Trinajstić information content (AvgIpc) is 3.30. The van der Waals surface area contributed by atoms with E-state index in [9.17, 15) is 0 Å². The molecule has 0 amide bonds. The molecule has 0 saturated carbocycles. The Morgan fingerprint density at radius 1 is 1.07 bits per heavy atom. The number of nitrogens with one attached hydrogen (secondary N) is 2. The summed E-state index contributed by atoms with van der Waals surface area (Å²) in [6, 6.07) is 9.82. The van der Waals surface area contributed by atoms with Crippen molar-refractivity contribution in [2.24, 2.45) is 4.99 Å². The summed E-state index contributed by atoms with van der Waals surface area (Å²) in [5, 5.41) is 6.60. The Hall–Kier alpha value is -2.82. The van der Waals surface area contributed by atoms with Crippen LogP contribution in [0.1, 0.15) is 18.1 Å². The van der Waals surface area contributed by atoms with Crippen LogP contribution in [0.5, 0.6) is 11.5 Å². The zero-order chi connectivity index (χ0) is 20.5. The highest BCUT2D eigenvalue weighted by atomic mass is 127. The third-order valence-electron chi connectivity index (χ3n) is 4.25. The molecule has 3 rings (SSSR count). The normalized spacial score (nSPS) is 10.8. The van der Waals surface area contributed by atoms with Crippen LogP contribution in [0.25, 0.3) is 5.82 Å². The van der Waals surface area contributed by atoms with Crippen LogP contribution in [-0.4, -0.2) is 41.3 Å². The first kappa shape index (κ1) is 23.5. The molecule has 2 heterocycles. The van der Waals surface area contributed by atoms with Gasteiger partial charge in [0.05, 0.1) is 20.8 Å². The summed E-state index contributed by atoms with van der Waals surface area (Å²) in [6.45, 7) is 3.95. The first-order valence-electron chi connectivity index (χ1n) is 9.39. The third kappa shape index (κ3) is 6.34. The van der Waals surface area contributed by atoms with Gasteiger partial charge in [0.1, 0.15) is 12.1 Å². The van der Waals surface area contributed by atoms with Crippen molar-refractivity contribution in [1.82, 2.24) is 25.2 Å². The standard InChI is InChI=1S/C21H26N6O2.HI/c1-4-23-21(25-12-16-5-7-18(28-2)19(11-16)29-3)26-14-17-6-8-20(24-13-17)27-10-9-22-15-27;/h5-11,13,15H,4,12,14H2,1-3H3,(H2,23,25,26);1H. The van der Waals surface area contributed by atoms with Gasteiger partial charge in [-0.1, -0.05) is 12.1 Å². The number of rotatable bonds is 8. The highest BCUT2D eigenvalue weighted by Crippen LogP contribution is 2.27. The van der Waals surface area contributed by atoms with Crippen LogP contribution < -0.4 is 20.1 Å². The second-order valence-corrected chi connectivity index (χ2v) is 6.23. The fraction of sp³-hybridized carbons (Fsp3) is 0.286. The van der Waals surface area contributed by atoms with E-state index in [1.165, 1.54) is 0 Å². The van der Waals surface area contributed by atoms with Crippen molar-refractivity contribution in [2.45, 2.75) is 20.0 Å². The Balaban J connectivity index is 0.00000320. The van der Waals surface area contributed by atoms with Gasteiger partial charge in [-0.15, -0.1) is 24.0 Å². The van der Waals surface area contributed by atoms with Crippen LogP contribution in [0, 0.1) is 0 Å². The van der Waals surface area contributed by atoms with Crippen molar-refractivity contribution < 1.29 is 9.47 Å². The van der Waals surface area contributed by atoms with Crippen molar-refractivity contribution in [1.29, 1.82) is 0 Å². The highest BCUT2D eigenvalue weighted by molar-refractivity contribution is 14.0. The molecular weight excluding hydrogens is 495 g/mol. The number of hydrogen-bond acceptors (Lipinski definition) is 5. The van der Waals surface area contributed by atoms with Crippen LogP contribution in [0.15, 0.2) is 60.2 Å². The van der Waals surface area contributed by atoms with Crippen molar-refractivity contribution >= 4 is 29.9 Å². The van der Waals surface area contributed by atoms with Gasteiger partial charge in [0.2, 0.25) is 0 Å². The second-order valence-electron chi connectivity index (χ2n) is 6.23. The van der Waals surface area contributed by atoms with E-state index in [-0.39, 0.29) is 24.0 Å². The summed E-state index contributed by atoms with van der Waals surface area (Å²) >= 11 is 0. The summed E-state index contributed by atoms with van der Waals surface area (Å²) in [5.41, 5.74) is 2.09. The molecule has 0 radical (unpaired) electrons. The highest BCUT2D eigenvalue weighted by Gasteiger charge is 2.05. The largest absolute Gasteiger partial charge is 0.493 e. The molecule has 9 heteroatoms. The molecular formula is C21H27IN6O2. The Morgan fingerprint density at radius 2 is 1.87 bits per heavy atom. The Morgan fingerprint density at radius 3 is 2.50 bits per heavy atom. The summed E-state index contributed by atoms with van der Waals surface area (Å²) in [7, 11) is 3.26. The zero-order valence-electron chi connectivity index (χ0n) is 17.3. The van der Waals surface area contributed by atoms with Gasteiger partial charge in [0, 0.05) is 31.7 Å². The van der Waals surface area contributed by atoms with Gasteiger partial charge in [-0.05, 0) is 36.2 Å². The fourth-order valence-corrected chi connectivity index (χ4v) is 2.75. The lowest BCUT2D eigenvalue weighted by Crippen LogP contribution is -2.36. The SMILES string of the molecule is CCNC(=NCc1ccc(-n2ccnc2)nc1)NCc1ccc(OC)c(OC)c1.I. The van der Waals surface area contributed by atoms with Crippen LogP contribution in [0.4, 0.5) is 0 Å². The lowest BCUT2D eigenvalue weighted by molar-refractivity contribution is 0.354. The molecule has 30 heavy (non-hydrogen) atoms. The molecule has 2 aromatic heterocycles. The molecule has 0 bridgehead atoms. The molecule has 2 N–H and O–H groups in total. The minimum atomic E-state index is 0. The van der Waals surface area contributed by atoms with Gasteiger partial charge in [-0.3, -0.25) is 4.57 Å². The van der Waals surface area contributed by atoms with Crippen molar-refractivity contribution in [3.05, 3.63) is 66.4 Å². The average molecular weight is 522 g/mol. The Labute approximate surface area is 193 Å². The molecule has 0 atom stereocenters. The number of aliphatic imine (C=N–C) groups is 1. The summed E-state index contributed by atoms with van der Waals surface area (Å²) in [6.07, 6.45) is 7.15. The van der Waals surface area contributed by atoms with E-state index in [0.717, 1.165) is 29.4 Å². The van der Waals surface area contributed by atoms with Crippen molar-refractivity contribution in [2.75, 3.05) is 20.8 Å². The number of guanidine groups is 1. The number of pyridine rings is 1. The van der Waals surface area contributed by atoms with E-state index in [4.69, 9.17) is 9.47 Å². The zero-order valence-corrected chi connectivity index (χ0v) is 19.7. The van der Waals surface area contributed by atoms with Gasteiger partial charge in [0.25, 0.3) is 0 Å². The number of methoxy groups -OCH3 is 2. The number of ether oxygens (including phenoxy) is 2. The molecule has 0 aliphatic heterocycles. The topological polar surface area (TPSA) is 85.6 Å². The van der Waals surface area contributed by atoms with Crippen LogP contribution in [0.3, 0.4) is 0 Å². The lowest BCUT2D eigenvalue weighted by Gasteiger charge is -2.13. The quantitative estimate of drug-likeness (QED) is 0.269. The van der Waals surface area contributed by atoms with E-state index in [0.29, 0.717) is 24.6 Å². The monoisotopic (exact) mass is 522 g/mol. The van der Waals surface area contributed by atoms with Crippen LogP contribution >= 0.6 is 24.0 Å². The molecule has 0 aliphatic rings. The van der Waals surface area contributed by atoms with Gasteiger partial charge < -0.3 is 20.1 Å². The molecule has 3 aromatic rings. The smallest absolute Gasteiger partial charge is 0.191 e. The minimum absolute atomic E-state index is 0. The van der Waals surface area contributed by atoms with Gasteiger partial charge >= 0.3 is 0 Å². The maximum Gasteiger partial charge on any atom is 0.191 e. The van der Waals surface area contributed by atoms with Crippen LogP contribution in [0.2, 0.25) is 0 Å². The second kappa shape index (κ2) is 12.0. The number of hydrogen-bond donors (Lipinski definition) is 2. The van der Waals surface area contributed by atoms with Gasteiger partial charge in [-0.2, -0.15) is 0 Å². The van der Waals surface area contributed by atoms with E-state index < -0.39 is 0 Å². The number of benzene rings is 1. The molecule has 0 spiro atoms. The number of halogens is 1. The number of imidazole rings is 1. The third-order valence-corrected chi connectivity index (χ3v) is 4.25. The molecule has 8 nitrogen and oxygen atoms in total. The summed E-state index contributed by atoms with van der Waals surface area (Å²) in [4.78, 5) is 13.1. The molecule has 0 unspecified atom stereocenters. The van der Waals surface area contributed by atoms with Gasteiger partial charge in [0.15, 0.2) is 17.5 Å². The van der Waals surface area contributed by atoms with Crippen molar-refractivity contribution in [3.63, 3.8) is 0 Å². The Bertz CT molecular complexity index is 929. The maximum absolute atomic E-state index is 5.36. The molecule has 0 saturated heterocycles. The fourth-order valence-electron chi connectivity index (χ4n) is 2.75. The van der Waals surface area contributed by atoms with Crippen molar-refractivity contribution in [3.8, 4) is 17.3 Å².